The maximum absolute atomic E-state index is 10.8. The number of rotatable bonds is 5. The highest BCUT2D eigenvalue weighted by Crippen LogP contribution is 2.17. The molecule has 1 saturated heterocycles. The number of hydrogen-bond acceptors (Lipinski definition) is 4. The molecule has 2 N–H and O–H groups in total. The summed E-state index contributed by atoms with van der Waals surface area (Å²) in [4.78, 5) is 10.8. The van der Waals surface area contributed by atoms with Gasteiger partial charge in [-0.3, -0.25) is 10.1 Å². The average molecular weight is 219 g/mol. The molecule has 1 rings (SSSR count). The summed E-state index contributed by atoms with van der Waals surface area (Å²) in [6.07, 6.45) is 2.24. The molecule has 1 aliphatic heterocycles. The van der Waals surface area contributed by atoms with E-state index in [0.29, 0.717) is 6.04 Å². The van der Waals surface area contributed by atoms with Crippen LogP contribution < -0.4 is 5.32 Å². The monoisotopic (exact) mass is 219 g/mol. The molecule has 0 bridgehead atoms. The van der Waals surface area contributed by atoms with Gasteiger partial charge >= 0.3 is 5.97 Å². The summed E-state index contributed by atoms with van der Waals surface area (Å²) in [5, 5.41) is 12.0. The third kappa shape index (κ3) is 3.86. The molecule has 0 saturated carbocycles. The normalized spacial score (nSPS) is 24.5. The first-order valence-electron chi connectivity index (χ1n) is 4.79. The number of ether oxygens (including phenoxy) is 1. The Morgan fingerprint density at radius 3 is 3.07 bits per heavy atom. The molecule has 0 aliphatic carbocycles. The summed E-state index contributed by atoms with van der Waals surface area (Å²) in [6, 6.07) is -0.242. The van der Waals surface area contributed by atoms with Crippen LogP contribution in [0.2, 0.25) is 0 Å². The van der Waals surface area contributed by atoms with Crippen molar-refractivity contribution in [3.05, 3.63) is 0 Å². The molecule has 1 aliphatic rings. The number of hydrogen-bond donors (Lipinski definition) is 2. The topological polar surface area (TPSA) is 58.6 Å². The third-order valence-corrected chi connectivity index (χ3v) is 3.44. The minimum absolute atomic E-state index is 0.233. The maximum atomic E-state index is 10.8. The van der Waals surface area contributed by atoms with Crippen LogP contribution in [0.4, 0.5) is 0 Å². The van der Waals surface area contributed by atoms with E-state index < -0.39 is 12.0 Å². The number of thioether (sulfide) groups is 1. The first-order chi connectivity index (χ1) is 6.74. The van der Waals surface area contributed by atoms with Crippen molar-refractivity contribution in [1.29, 1.82) is 0 Å². The molecule has 0 radical (unpaired) electrons. The lowest BCUT2D eigenvalue weighted by Crippen LogP contribution is -2.47. The molecule has 14 heavy (non-hydrogen) atoms. The first kappa shape index (κ1) is 11.8. The Kier molecular flexibility index (Phi) is 5.29. The van der Waals surface area contributed by atoms with E-state index in [-0.39, 0.29) is 6.61 Å². The van der Waals surface area contributed by atoms with Gasteiger partial charge in [0.1, 0.15) is 6.04 Å². The number of carboxylic acid groups (broad SMARTS) is 1. The van der Waals surface area contributed by atoms with E-state index in [0.717, 1.165) is 12.2 Å². The molecule has 0 spiro atoms. The molecule has 5 heteroatoms. The van der Waals surface area contributed by atoms with Gasteiger partial charge in [-0.05, 0) is 18.6 Å². The van der Waals surface area contributed by atoms with E-state index in [1.165, 1.54) is 19.3 Å². The van der Waals surface area contributed by atoms with Crippen molar-refractivity contribution in [3.8, 4) is 0 Å². The molecule has 1 heterocycles. The van der Waals surface area contributed by atoms with Gasteiger partial charge in [-0.15, -0.1) is 0 Å². The molecule has 0 aromatic carbocycles. The van der Waals surface area contributed by atoms with Crippen molar-refractivity contribution < 1.29 is 14.6 Å². The van der Waals surface area contributed by atoms with Crippen molar-refractivity contribution >= 4 is 17.7 Å². The number of nitrogens with one attached hydrogen (secondary N) is 1. The van der Waals surface area contributed by atoms with E-state index in [4.69, 9.17) is 9.84 Å². The number of methoxy groups -OCH3 is 1. The van der Waals surface area contributed by atoms with E-state index in [2.05, 4.69) is 5.32 Å². The van der Waals surface area contributed by atoms with Crippen LogP contribution >= 0.6 is 11.8 Å². The molecule has 1 fully saturated rings. The largest absolute Gasteiger partial charge is 0.480 e. The zero-order chi connectivity index (χ0) is 10.4. The quantitative estimate of drug-likeness (QED) is 0.708. The van der Waals surface area contributed by atoms with E-state index >= 15 is 0 Å². The van der Waals surface area contributed by atoms with Crippen LogP contribution in [0.5, 0.6) is 0 Å². The average Bonchev–Trinajstić information content (AvgIpc) is 2.18. The Balaban J connectivity index is 2.33. The fraction of sp³-hybridized carbons (Fsp3) is 0.889. The number of carboxylic acids is 1. The van der Waals surface area contributed by atoms with Gasteiger partial charge in [0.05, 0.1) is 6.61 Å². The van der Waals surface area contributed by atoms with Gasteiger partial charge in [0.15, 0.2) is 0 Å². The van der Waals surface area contributed by atoms with Gasteiger partial charge in [0.2, 0.25) is 0 Å². The molecule has 2 atom stereocenters. The Hall–Kier alpha value is -0.260. The van der Waals surface area contributed by atoms with Crippen LogP contribution in [-0.4, -0.2) is 48.4 Å². The third-order valence-electron chi connectivity index (χ3n) is 2.23. The van der Waals surface area contributed by atoms with Gasteiger partial charge in [0.25, 0.3) is 0 Å². The van der Waals surface area contributed by atoms with Crippen LogP contribution in [-0.2, 0) is 9.53 Å². The molecular formula is C9H17NO3S. The molecule has 4 nitrogen and oxygen atoms in total. The Morgan fingerprint density at radius 2 is 2.57 bits per heavy atom. The fourth-order valence-corrected chi connectivity index (χ4v) is 2.60. The van der Waals surface area contributed by atoms with Crippen molar-refractivity contribution in [2.24, 2.45) is 0 Å². The zero-order valence-corrected chi connectivity index (χ0v) is 9.18. The Bertz CT molecular complexity index is 183. The van der Waals surface area contributed by atoms with Gasteiger partial charge < -0.3 is 9.84 Å². The van der Waals surface area contributed by atoms with Crippen molar-refractivity contribution in [3.63, 3.8) is 0 Å². The van der Waals surface area contributed by atoms with Crippen molar-refractivity contribution in [2.75, 3.05) is 25.2 Å². The second kappa shape index (κ2) is 6.27. The van der Waals surface area contributed by atoms with Crippen LogP contribution in [0.1, 0.15) is 12.8 Å². The van der Waals surface area contributed by atoms with Gasteiger partial charge in [-0.25, -0.2) is 0 Å². The first-order valence-corrected chi connectivity index (χ1v) is 5.95. The molecule has 82 valence electrons. The molecule has 0 aromatic rings. The Morgan fingerprint density at radius 1 is 1.79 bits per heavy atom. The summed E-state index contributed by atoms with van der Waals surface area (Å²) in [5.41, 5.74) is 0. The highest BCUT2D eigenvalue weighted by atomic mass is 32.2. The lowest BCUT2D eigenvalue weighted by Gasteiger charge is -2.25. The van der Waals surface area contributed by atoms with Gasteiger partial charge in [-0.1, -0.05) is 0 Å². The molecular weight excluding hydrogens is 202 g/mol. The molecule has 0 amide bonds. The summed E-state index contributed by atoms with van der Waals surface area (Å²) >= 11 is 1.88. The zero-order valence-electron chi connectivity index (χ0n) is 8.36. The predicted molar refractivity (Wildman–Crippen MR) is 56.8 cm³/mol. The fourth-order valence-electron chi connectivity index (χ4n) is 1.51. The summed E-state index contributed by atoms with van der Waals surface area (Å²) in [7, 11) is 1.52. The standard InChI is InChI=1S/C9H17NO3S/c1-13-5-8(9(11)12)10-7-3-2-4-14-6-7/h7-8,10H,2-6H2,1H3,(H,11,12). The van der Waals surface area contributed by atoms with Crippen molar-refractivity contribution in [1.82, 2.24) is 5.32 Å². The summed E-state index contributed by atoms with van der Waals surface area (Å²) in [5.74, 6) is 1.37. The van der Waals surface area contributed by atoms with Gasteiger partial charge in [0, 0.05) is 18.9 Å². The smallest absolute Gasteiger partial charge is 0.323 e. The highest BCUT2D eigenvalue weighted by molar-refractivity contribution is 7.99. The lowest BCUT2D eigenvalue weighted by molar-refractivity contribution is -0.141. The van der Waals surface area contributed by atoms with Crippen LogP contribution in [0.3, 0.4) is 0 Å². The van der Waals surface area contributed by atoms with Gasteiger partial charge in [-0.2, -0.15) is 11.8 Å². The summed E-state index contributed by atoms with van der Waals surface area (Å²) < 4.78 is 4.86. The van der Waals surface area contributed by atoms with E-state index in [1.54, 1.807) is 0 Å². The molecule has 2 unspecified atom stereocenters. The minimum Gasteiger partial charge on any atom is -0.480 e. The lowest BCUT2D eigenvalue weighted by atomic mass is 10.1. The van der Waals surface area contributed by atoms with Crippen LogP contribution in [0.15, 0.2) is 0 Å². The minimum atomic E-state index is -0.831. The van der Waals surface area contributed by atoms with Crippen LogP contribution in [0.25, 0.3) is 0 Å². The van der Waals surface area contributed by atoms with E-state index in [1.807, 2.05) is 11.8 Å². The second-order valence-electron chi connectivity index (χ2n) is 3.43. The molecule has 0 aromatic heterocycles. The predicted octanol–water partition coefficient (Wildman–Crippen LogP) is 0.571. The van der Waals surface area contributed by atoms with E-state index in [9.17, 15) is 4.79 Å². The highest BCUT2D eigenvalue weighted by Gasteiger charge is 2.22. The summed E-state index contributed by atoms with van der Waals surface area (Å²) in [6.45, 7) is 0.233. The van der Waals surface area contributed by atoms with Crippen LogP contribution in [0, 0.1) is 0 Å². The SMILES string of the molecule is COCC(NC1CCCSC1)C(=O)O. The second-order valence-corrected chi connectivity index (χ2v) is 4.58. The van der Waals surface area contributed by atoms with Crippen molar-refractivity contribution in [2.45, 2.75) is 24.9 Å². The maximum Gasteiger partial charge on any atom is 0.323 e. The number of aliphatic carboxylic acids is 1. The Labute approximate surface area is 88.4 Å². The number of carbonyl (C=O) groups is 1.